The van der Waals surface area contributed by atoms with Gasteiger partial charge in [-0.15, -0.1) is 0 Å². The number of aromatic nitrogens is 1. The second kappa shape index (κ2) is 10.3. The molecule has 35 heavy (non-hydrogen) atoms. The van der Waals surface area contributed by atoms with Gasteiger partial charge in [-0.1, -0.05) is 82.6 Å². The van der Waals surface area contributed by atoms with Crippen molar-refractivity contribution in [3.63, 3.8) is 0 Å². The van der Waals surface area contributed by atoms with E-state index >= 15 is 0 Å². The highest BCUT2D eigenvalue weighted by molar-refractivity contribution is 5.95. The third kappa shape index (κ3) is 4.43. The zero-order valence-corrected chi connectivity index (χ0v) is 20.6. The predicted molar refractivity (Wildman–Crippen MR) is 155 cm³/mol. The molecule has 0 spiro atoms. The van der Waals surface area contributed by atoms with Gasteiger partial charge in [0.2, 0.25) is 0 Å². The minimum absolute atomic E-state index is 0.482. The Balaban J connectivity index is 1.84. The van der Waals surface area contributed by atoms with Gasteiger partial charge in [0, 0.05) is 33.7 Å². The molecule has 174 valence electrons. The lowest BCUT2D eigenvalue weighted by atomic mass is 10.0. The van der Waals surface area contributed by atoms with Gasteiger partial charge in [-0.05, 0) is 72.2 Å². The number of para-hydroxylation sites is 1. The van der Waals surface area contributed by atoms with Crippen molar-refractivity contribution >= 4 is 34.4 Å². The topological polar surface area (TPSA) is 8.17 Å². The first-order chi connectivity index (χ1) is 17.0. The second-order valence-corrected chi connectivity index (χ2v) is 8.69. The normalized spacial score (nSPS) is 11.5. The van der Waals surface area contributed by atoms with Crippen LogP contribution in [0, 0.1) is 0 Å². The van der Waals surface area contributed by atoms with Crippen molar-refractivity contribution in [2.75, 3.05) is 4.90 Å². The van der Waals surface area contributed by atoms with Crippen molar-refractivity contribution < 1.29 is 0 Å². The Morgan fingerprint density at radius 1 is 0.800 bits per heavy atom. The zero-order chi connectivity index (χ0) is 24.9. The van der Waals surface area contributed by atoms with E-state index in [9.17, 15) is 0 Å². The van der Waals surface area contributed by atoms with Crippen LogP contribution in [0.25, 0.3) is 28.7 Å². The number of fused-ring (bicyclic) bond motifs is 1. The molecule has 1 aromatic heterocycles. The molecule has 2 nitrogen and oxygen atoms in total. The van der Waals surface area contributed by atoms with E-state index in [-0.39, 0.29) is 0 Å². The molecule has 0 saturated carbocycles. The average Bonchev–Trinajstić information content (AvgIpc) is 3.22. The smallest absolute Gasteiger partial charge is 0.0541 e. The fourth-order valence-electron chi connectivity index (χ4n) is 4.54. The van der Waals surface area contributed by atoms with Crippen molar-refractivity contribution in [2.45, 2.75) is 19.8 Å². The van der Waals surface area contributed by atoms with Gasteiger partial charge in [-0.3, -0.25) is 0 Å². The molecule has 0 radical (unpaired) electrons. The summed E-state index contributed by atoms with van der Waals surface area (Å²) in [5, 5.41) is 1.16. The summed E-state index contributed by atoms with van der Waals surface area (Å²) in [5.74, 6) is 0.482. The molecule has 0 saturated heterocycles. The van der Waals surface area contributed by atoms with E-state index in [0.717, 1.165) is 44.9 Å². The highest BCUT2D eigenvalue weighted by Gasteiger charge is 2.16. The Hall–Kier alpha value is -4.30. The van der Waals surface area contributed by atoms with Gasteiger partial charge in [-0.25, -0.2) is 0 Å². The van der Waals surface area contributed by atoms with E-state index in [4.69, 9.17) is 0 Å². The van der Waals surface area contributed by atoms with Gasteiger partial charge >= 0.3 is 0 Å². The number of rotatable bonds is 9. The Morgan fingerprint density at radius 3 is 1.97 bits per heavy atom. The molecule has 0 aliphatic carbocycles. The van der Waals surface area contributed by atoms with Crippen LogP contribution in [0.5, 0.6) is 0 Å². The number of allylic oxidation sites excluding steroid dienone is 3. The third-order valence-corrected chi connectivity index (χ3v) is 6.29. The van der Waals surface area contributed by atoms with E-state index in [1.807, 2.05) is 24.3 Å². The van der Waals surface area contributed by atoms with E-state index in [2.05, 4.69) is 122 Å². The first-order valence-electron chi connectivity index (χ1n) is 11.9. The summed E-state index contributed by atoms with van der Waals surface area (Å²) in [5.41, 5.74) is 8.70. The van der Waals surface area contributed by atoms with Crippen LogP contribution in [-0.2, 0) is 0 Å². The van der Waals surface area contributed by atoms with Crippen LogP contribution in [0.4, 0.5) is 11.4 Å². The van der Waals surface area contributed by atoms with Crippen LogP contribution in [-0.4, -0.2) is 4.57 Å². The van der Waals surface area contributed by atoms with Gasteiger partial charge < -0.3 is 9.47 Å². The molecule has 0 unspecified atom stereocenters. The number of hydrogen-bond acceptors (Lipinski definition) is 1. The number of anilines is 2. The average molecular weight is 457 g/mol. The van der Waals surface area contributed by atoms with Crippen LogP contribution in [0.15, 0.2) is 123 Å². The van der Waals surface area contributed by atoms with E-state index in [0.29, 0.717) is 5.92 Å². The molecule has 0 atom stereocenters. The second-order valence-electron chi connectivity index (χ2n) is 8.69. The van der Waals surface area contributed by atoms with E-state index in [1.54, 1.807) is 6.08 Å². The summed E-state index contributed by atoms with van der Waals surface area (Å²) in [6.45, 7) is 20.5. The van der Waals surface area contributed by atoms with Crippen molar-refractivity contribution in [3.05, 3.63) is 140 Å². The molecule has 4 rings (SSSR count). The monoisotopic (exact) mass is 456 g/mol. The summed E-state index contributed by atoms with van der Waals surface area (Å²) in [7, 11) is 0. The molecule has 1 heterocycles. The number of hydrogen-bond donors (Lipinski definition) is 0. The lowest BCUT2D eigenvalue weighted by molar-refractivity contribution is 0.866. The van der Waals surface area contributed by atoms with Crippen LogP contribution in [0.3, 0.4) is 0 Å². The molecular weight excluding hydrogens is 424 g/mol. The highest BCUT2D eigenvalue weighted by Crippen LogP contribution is 2.35. The Kier molecular flexibility index (Phi) is 7.03. The minimum atomic E-state index is 0.482. The van der Waals surface area contributed by atoms with E-state index in [1.165, 1.54) is 5.56 Å². The maximum atomic E-state index is 4.08. The van der Waals surface area contributed by atoms with E-state index < -0.39 is 0 Å². The number of nitrogens with zero attached hydrogens (tertiary/aromatic N) is 2. The molecule has 3 aromatic carbocycles. The summed E-state index contributed by atoms with van der Waals surface area (Å²) in [6.07, 6.45) is 9.43. The quantitative estimate of drug-likeness (QED) is 0.228. The summed E-state index contributed by atoms with van der Waals surface area (Å²) >= 11 is 0. The zero-order valence-electron chi connectivity index (χ0n) is 20.6. The molecule has 4 aromatic rings. The maximum absolute atomic E-state index is 4.08. The SMILES string of the molecule is C=C/C=C(\C=C)N(c1ccc(C(C)C)cc1)c1ccc(-n2c(C=C)c(C=C)c3ccccc32)cc1. The minimum Gasteiger partial charge on any atom is -0.311 e. The largest absolute Gasteiger partial charge is 0.311 e. The molecule has 0 aliphatic rings. The van der Waals surface area contributed by atoms with Crippen molar-refractivity contribution in [1.29, 1.82) is 0 Å². The van der Waals surface area contributed by atoms with Gasteiger partial charge in [0.25, 0.3) is 0 Å². The molecule has 0 N–H and O–H groups in total. The summed E-state index contributed by atoms with van der Waals surface area (Å²) in [4.78, 5) is 2.19. The predicted octanol–water partition coefficient (Wildman–Crippen LogP) is 9.43. The summed E-state index contributed by atoms with van der Waals surface area (Å²) < 4.78 is 2.24. The first-order valence-corrected chi connectivity index (χ1v) is 11.9. The van der Waals surface area contributed by atoms with Gasteiger partial charge in [-0.2, -0.15) is 0 Å². The molecule has 0 aliphatic heterocycles. The summed E-state index contributed by atoms with van der Waals surface area (Å²) in [6, 6.07) is 25.7. The first kappa shape index (κ1) is 23.8. The molecule has 0 fully saturated rings. The van der Waals surface area contributed by atoms with Gasteiger partial charge in [0.15, 0.2) is 0 Å². The lowest BCUT2D eigenvalue weighted by Gasteiger charge is -2.27. The van der Waals surface area contributed by atoms with Crippen LogP contribution >= 0.6 is 0 Å². The van der Waals surface area contributed by atoms with Crippen LogP contribution in [0.1, 0.15) is 36.6 Å². The van der Waals surface area contributed by atoms with Crippen molar-refractivity contribution in [2.24, 2.45) is 0 Å². The van der Waals surface area contributed by atoms with Crippen molar-refractivity contribution in [3.8, 4) is 5.69 Å². The van der Waals surface area contributed by atoms with Crippen LogP contribution in [0.2, 0.25) is 0 Å². The lowest BCUT2D eigenvalue weighted by Crippen LogP contribution is -2.15. The fraction of sp³-hybridized carbons (Fsp3) is 0.0909. The molecular formula is C33H32N2. The number of benzene rings is 3. The van der Waals surface area contributed by atoms with Crippen molar-refractivity contribution in [1.82, 2.24) is 4.57 Å². The molecule has 2 heteroatoms. The van der Waals surface area contributed by atoms with Gasteiger partial charge in [0.1, 0.15) is 0 Å². The fourth-order valence-corrected chi connectivity index (χ4v) is 4.54. The standard InChI is InChI=1S/C33H32N2/c1-7-13-26(8-2)34(27-18-16-25(17-19-27)24(5)6)28-20-22-29(23-21-28)35-32(10-4)30(9-3)31-14-11-12-15-33(31)35/h7-24H,1-4H2,5-6H3/b26-13+. The third-order valence-electron chi connectivity index (χ3n) is 6.29. The Morgan fingerprint density at radius 2 is 1.43 bits per heavy atom. The van der Waals surface area contributed by atoms with Crippen LogP contribution < -0.4 is 4.90 Å². The maximum Gasteiger partial charge on any atom is 0.0541 e. The Bertz CT molecular complexity index is 1410. The molecule has 0 amide bonds. The molecule has 0 bridgehead atoms. The highest BCUT2D eigenvalue weighted by atomic mass is 15.1. The Labute approximate surface area is 209 Å². The van der Waals surface area contributed by atoms with Gasteiger partial charge in [0.05, 0.1) is 11.2 Å².